The number of halogens is 2. The number of benzene rings is 1. The lowest BCUT2D eigenvalue weighted by atomic mass is 10.1. The highest BCUT2D eigenvalue weighted by Crippen LogP contribution is 2.27. The molecule has 2 rings (SSSR count). The van der Waals surface area contributed by atoms with Crippen LogP contribution in [-0.2, 0) is 4.79 Å². The van der Waals surface area contributed by atoms with Gasteiger partial charge in [0.15, 0.2) is 5.16 Å². The van der Waals surface area contributed by atoms with E-state index in [1.54, 1.807) is 25.1 Å². The maximum atomic E-state index is 12.5. The second-order valence-electron chi connectivity index (χ2n) is 7.05. The highest BCUT2D eigenvalue weighted by molar-refractivity contribution is 8.00. The van der Waals surface area contributed by atoms with E-state index in [9.17, 15) is 4.79 Å². The summed E-state index contributed by atoms with van der Waals surface area (Å²) in [5.41, 5.74) is 0.370. The van der Waals surface area contributed by atoms with Crippen LogP contribution in [0.1, 0.15) is 34.6 Å². The summed E-state index contributed by atoms with van der Waals surface area (Å²) in [7, 11) is 0. The number of hydrogen-bond donors (Lipinski definition) is 3. The fraction of sp³-hybridized carbons (Fsp3) is 0.444. The maximum absolute atomic E-state index is 12.5. The van der Waals surface area contributed by atoms with Crippen molar-refractivity contribution in [1.82, 2.24) is 15.0 Å². The lowest BCUT2D eigenvalue weighted by Crippen LogP contribution is -2.28. The number of nitrogens with zero attached hydrogens (tertiary/aromatic N) is 3. The molecule has 10 heteroatoms. The van der Waals surface area contributed by atoms with Crippen molar-refractivity contribution in [2.24, 2.45) is 0 Å². The van der Waals surface area contributed by atoms with Gasteiger partial charge >= 0.3 is 0 Å². The molecule has 0 aliphatic rings. The third kappa shape index (κ3) is 7.00. The monoisotopic (exact) mass is 442 g/mol. The third-order valence-electron chi connectivity index (χ3n) is 3.28. The number of thioether (sulfide) groups is 1. The van der Waals surface area contributed by atoms with Crippen LogP contribution in [0.15, 0.2) is 23.4 Å². The van der Waals surface area contributed by atoms with Crippen LogP contribution in [0.5, 0.6) is 0 Å². The summed E-state index contributed by atoms with van der Waals surface area (Å²) < 4.78 is 0. The van der Waals surface area contributed by atoms with Crippen LogP contribution in [0.4, 0.5) is 17.6 Å². The molecule has 0 fully saturated rings. The van der Waals surface area contributed by atoms with Gasteiger partial charge in [0.25, 0.3) is 0 Å². The maximum Gasteiger partial charge on any atom is 0.237 e. The van der Waals surface area contributed by atoms with Gasteiger partial charge < -0.3 is 16.0 Å². The molecule has 1 aromatic carbocycles. The number of carbonyl (C=O) groups is 1. The molecular formula is C18H24Cl2N6OS. The van der Waals surface area contributed by atoms with Gasteiger partial charge in [-0.15, -0.1) is 0 Å². The molecule has 2 aromatic rings. The quantitative estimate of drug-likeness (QED) is 0.522. The van der Waals surface area contributed by atoms with Crippen molar-refractivity contribution in [2.75, 3.05) is 22.5 Å². The van der Waals surface area contributed by atoms with Gasteiger partial charge in [-0.25, -0.2) is 0 Å². The van der Waals surface area contributed by atoms with Crippen molar-refractivity contribution in [1.29, 1.82) is 0 Å². The molecule has 0 aliphatic carbocycles. The molecule has 0 saturated heterocycles. The summed E-state index contributed by atoms with van der Waals surface area (Å²) in [6.45, 7) is 10.5. The van der Waals surface area contributed by atoms with Gasteiger partial charge in [0.1, 0.15) is 0 Å². The van der Waals surface area contributed by atoms with E-state index in [0.717, 1.165) is 0 Å². The van der Waals surface area contributed by atoms with E-state index in [1.165, 1.54) is 11.8 Å². The Labute approximate surface area is 179 Å². The zero-order chi connectivity index (χ0) is 20.9. The Balaban J connectivity index is 2.13. The van der Waals surface area contributed by atoms with Crippen LogP contribution >= 0.6 is 35.0 Å². The Morgan fingerprint density at radius 1 is 1.14 bits per heavy atom. The van der Waals surface area contributed by atoms with Crippen LogP contribution in [0.25, 0.3) is 0 Å². The number of rotatable bonds is 7. The normalized spacial score (nSPS) is 12.4. The summed E-state index contributed by atoms with van der Waals surface area (Å²) in [6, 6.07) is 4.94. The summed E-state index contributed by atoms with van der Waals surface area (Å²) in [6.07, 6.45) is 0. The molecule has 0 saturated carbocycles. The van der Waals surface area contributed by atoms with Crippen LogP contribution in [0, 0.1) is 0 Å². The highest BCUT2D eigenvalue weighted by Gasteiger charge is 2.19. The predicted molar refractivity (Wildman–Crippen MR) is 118 cm³/mol. The Kier molecular flexibility index (Phi) is 7.74. The lowest BCUT2D eigenvalue weighted by Gasteiger charge is -2.21. The Hall–Kier alpha value is -1.77. The smallest absolute Gasteiger partial charge is 0.237 e. The molecule has 0 aliphatic heterocycles. The Bertz CT molecular complexity index is 843. The van der Waals surface area contributed by atoms with Gasteiger partial charge in [-0.2, -0.15) is 15.0 Å². The first-order valence-electron chi connectivity index (χ1n) is 8.78. The largest absolute Gasteiger partial charge is 0.354 e. The van der Waals surface area contributed by atoms with E-state index in [2.05, 4.69) is 30.9 Å². The lowest BCUT2D eigenvalue weighted by molar-refractivity contribution is -0.115. The summed E-state index contributed by atoms with van der Waals surface area (Å²) in [5.74, 6) is 0.723. The van der Waals surface area contributed by atoms with Crippen molar-refractivity contribution in [3.05, 3.63) is 28.2 Å². The minimum Gasteiger partial charge on any atom is -0.354 e. The average molecular weight is 443 g/mol. The standard InChI is InChI=1S/C18H24Cl2N6OS/c1-6-21-15-23-16(26-18(3,4)5)25-17(24-15)28-10(2)14(27)22-11-7-8-12(19)13(20)9-11/h7-10H,6H2,1-5H3,(H,22,27)(H2,21,23,24,25,26). The van der Waals surface area contributed by atoms with Crippen molar-refractivity contribution in [3.8, 4) is 0 Å². The molecule has 1 amide bonds. The molecule has 1 atom stereocenters. The first-order valence-corrected chi connectivity index (χ1v) is 10.4. The topological polar surface area (TPSA) is 91.8 Å². The summed E-state index contributed by atoms with van der Waals surface area (Å²) in [4.78, 5) is 25.7. The van der Waals surface area contributed by atoms with Crippen molar-refractivity contribution < 1.29 is 4.79 Å². The fourth-order valence-corrected chi connectivity index (χ4v) is 3.13. The van der Waals surface area contributed by atoms with Gasteiger partial charge in [-0.3, -0.25) is 4.79 Å². The minimum atomic E-state index is -0.436. The number of hydrogen-bond acceptors (Lipinski definition) is 7. The molecule has 1 unspecified atom stereocenters. The minimum absolute atomic E-state index is 0.195. The molecule has 0 radical (unpaired) electrons. The summed E-state index contributed by atoms with van der Waals surface area (Å²) >= 11 is 13.1. The Morgan fingerprint density at radius 2 is 1.82 bits per heavy atom. The molecule has 1 heterocycles. The van der Waals surface area contributed by atoms with Gasteiger partial charge in [0.2, 0.25) is 17.8 Å². The van der Waals surface area contributed by atoms with Gasteiger partial charge in [-0.1, -0.05) is 35.0 Å². The number of anilines is 3. The first kappa shape index (κ1) is 22.5. The Morgan fingerprint density at radius 3 is 2.43 bits per heavy atom. The van der Waals surface area contributed by atoms with Gasteiger partial charge in [-0.05, 0) is 52.8 Å². The number of amides is 1. The molecule has 28 heavy (non-hydrogen) atoms. The first-order chi connectivity index (χ1) is 13.1. The van der Waals surface area contributed by atoms with Crippen molar-refractivity contribution in [2.45, 2.75) is 50.6 Å². The van der Waals surface area contributed by atoms with E-state index in [1.807, 2.05) is 27.7 Å². The van der Waals surface area contributed by atoms with Crippen LogP contribution in [0.3, 0.4) is 0 Å². The van der Waals surface area contributed by atoms with E-state index < -0.39 is 5.25 Å². The van der Waals surface area contributed by atoms with Crippen molar-refractivity contribution in [3.63, 3.8) is 0 Å². The van der Waals surface area contributed by atoms with E-state index >= 15 is 0 Å². The second-order valence-corrected chi connectivity index (χ2v) is 9.17. The van der Waals surface area contributed by atoms with E-state index in [-0.39, 0.29) is 11.4 Å². The molecule has 3 N–H and O–H groups in total. The summed E-state index contributed by atoms with van der Waals surface area (Å²) in [5, 5.41) is 9.96. The molecule has 0 bridgehead atoms. The molecule has 152 valence electrons. The number of nitrogens with one attached hydrogen (secondary N) is 3. The average Bonchev–Trinajstić information content (AvgIpc) is 2.56. The molecule has 7 nitrogen and oxygen atoms in total. The van der Waals surface area contributed by atoms with E-state index in [4.69, 9.17) is 23.2 Å². The molecule has 0 spiro atoms. The fourth-order valence-electron chi connectivity index (χ4n) is 2.07. The number of carbonyl (C=O) groups excluding carboxylic acids is 1. The number of aromatic nitrogens is 3. The van der Waals surface area contributed by atoms with Crippen LogP contribution in [-0.4, -0.2) is 38.2 Å². The predicted octanol–water partition coefficient (Wildman–Crippen LogP) is 4.94. The van der Waals surface area contributed by atoms with E-state index in [0.29, 0.717) is 39.3 Å². The van der Waals surface area contributed by atoms with Crippen LogP contribution < -0.4 is 16.0 Å². The SMILES string of the molecule is CCNc1nc(NC(C)(C)C)nc(SC(C)C(=O)Nc2ccc(Cl)c(Cl)c2)n1. The van der Waals surface area contributed by atoms with Crippen molar-refractivity contribution >= 4 is 58.5 Å². The zero-order valence-electron chi connectivity index (χ0n) is 16.4. The van der Waals surface area contributed by atoms with Gasteiger partial charge in [0, 0.05) is 17.8 Å². The second kappa shape index (κ2) is 9.62. The third-order valence-corrected chi connectivity index (χ3v) is 4.98. The van der Waals surface area contributed by atoms with Gasteiger partial charge in [0.05, 0.1) is 15.3 Å². The zero-order valence-corrected chi connectivity index (χ0v) is 18.8. The molecular weight excluding hydrogens is 419 g/mol. The highest BCUT2D eigenvalue weighted by atomic mass is 35.5. The van der Waals surface area contributed by atoms with Crippen LogP contribution in [0.2, 0.25) is 10.0 Å². The molecule has 1 aromatic heterocycles.